The van der Waals surface area contributed by atoms with E-state index in [1.807, 2.05) is 31.5 Å². The van der Waals surface area contributed by atoms with Crippen molar-refractivity contribution in [3.05, 3.63) is 23.8 Å². The van der Waals surface area contributed by atoms with Crippen molar-refractivity contribution >= 4 is 30.1 Å². The van der Waals surface area contributed by atoms with Crippen LogP contribution in [0.3, 0.4) is 0 Å². The van der Waals surface area contributed by atoms with Crippen LogP contribution in [0.25, 0.3) is 0 Å². The van der Waals surface area contributed by atoms with Crippen LogP contribution in [0.1, 0.15) is 18.4 Å². The molecular weight excluding hydrogens is 348 g/mol. The van der Waals surface area contributed by atoms with Crippen LogP contribution >= 0.6 is 24.2 Å². The van der Waals surface area contributed by atoms with E-state index in [1.54, 1.807) is 23.8 Å². The molecular formula is C17H27ClN2O3S. The summed E-state index contributed by atoms with van der Waals surface area (Å²) in [6, 6.07) is 6.07. The molecule has 0 aromatic heterocycles. The molecule has 0 unspecified atom stereocenters. The Kier molecular flexibility index (Phi) is 8.36. The Hall–Kier alpha value is -0.950. The number of carbonyl (C=O) groups is 1. The normalized spacial score (nSPS) is 16.2. The van der Waals surface area contributed by atoms with Crippen molar-refractivity contribution in [1.29, 1.82) is 0 Å². The van der Waals surface area contributed by atoms with Gasteiger partial charge in [-0.05, 0) is 36.8 Å². The lowest BCUT2D eigenvalue weighted by Gasteiger charge is -2.37. The first-order chi connectivity index (χ1) is 11.1. The maximum Gasteiger partial charge on any atom is 0.230 e. The van der Waals surface area contributed by atoms with E-state index in [2.05, 4.69) is 0 Å². The molecule has 1 aromatic carbocycles. The first-order valence-corrected chi connectivity index (χ1v) is 9.03. The summed E-state index contributed by atoms with van der Waals surface area (Å²) in [6.07, 6.45) is 3.41. The van der Waals surface area contributed by atoms with Crippen LogP contribution in [-0.2, 0) is 16.1 Å². The number of hydrogen-bond acceptors (Lipinski definition) is 5. The van der Waals surface area contributed by atoms with Crippen molar-refractivity contribution < 1.29 is 14.3 Å². The van der Waals surface area contributed by atoms with Crippen molar-refractivity contribution in [2.24, 2.45) is 11.1 Å². The van der Waals surface area contributed by atoms with Gasteiger partial charge >= 0.3 is 0 Å². The maximum atomic E-state index is 12.9. The van der Waals surface area contributed by atoms with Crippen molar-refractivity contribution in [1.82, 2.24) is 4.90 Å². The number of halogens is 1. The molecule has 0 aliphatic carbocycles. The zero-order valence-electron chi connectivity index (χ0n) is 14.5. The number of benzene rings is 1. The van der Waals surface area contributed by atoms with Gasteiger partial charge in [0.05, 0.1) is 12.5 Å². The van der Waals surface area contributed by atoms with E-state index in [4.69, 9.17) is 15.2 Å². The second-order valence-electron chi connectivity index (χ2n) is 5.95. The second kappa shape index (κ2) is 9.51. The van der Waals surface area contributed by atoms with E-state index >= 15 is 0 Å². The van der Waals surface area contributed by atoms with Crippen LogP contribution < -0.4 is 10.5 Å². The van der Waals surface area contributed by atoms with E-state index in [0.717, 1.165) is 16.2 Å². The van der Waals surface area contributed by atoms with Crippen LogP contribution in [-0.4, -0.2) is 51.0 Å². The topological polar surface area (TPSA) is 64.8 Å². The molecule has 0 spiro atoms. The van der Waals surface area contributed by atoms with Crippen LogP contribution in [0.15, 0.2) is 23.1 Å². The van der Waals surface area contributed by atoms with Crippen molar-refractivity contribution in [3.8, 4) is 5.75 Å². The monoisotopic (exact) mass is 374 g/mol. The van der Waals surface area contributed by atoms with Crippen LogP contribution in [0.2, 0.25) is 0 Å². The number of amides is 1. The molecule has 24 heavy (non-hydrogen) atoms. The van der Waals surface area contributed by atoms with E-state index in [-0.39, 0.29) is 18.3 Å². The fraction of sp³-hybridized carbons (Fsp3) is 0.588. The van der Waals surface area contributed by atoms with Crippen LogP contribution in [0.5, 0.6) is 5.75 Å². The third-order valence-corrected chi connectivity index (χ3v) is 5.29. The highest BCUT2D eigenvalue weighted by atomic mass is 35.5. The number of nitrogens with two attached hydrogens (primary N) is 1. The SMILES string of the molecule is COc1cc(CN(C)C(=O)C2(CN)CCOCC2)ccc1SC.Cl. The summed E-state index contributed by atoms with van der Waals surface area (Å²) >= 11 is 1.64. The van der Waals surface area contributed by atoms with Gasteiger partial charge in [-0.25, -0.2) is 0 Å². The minimum Gasteiger partial charge on any atom is -0.496 e. The number of thioether (sulfide) groups is 1. The Balaban J connectivity index is 0.00000288. The van der Waals surface area contributed by atoms with Gasteiger partial charge in [-0.1, -0.05) is 6.07 Å². The quantitative estimate of drug-likeness (QED) is 0.775. The molecule has 7 heteroatoms. The van der Waals surface area contributed by atoms with E-state index in [0.29, 0.717) is 39.1 Å². The molecule has 5 nitrogen and oxygen atoms in total. The average molecular weight is 375 g/mol. The molecule has 0 bridgehead atoms. The van der Waals surface area contributed by atoms with Gasteiger partial charge in [0.2, 0.25) is 5.91 Å². The summed E-state index contributed by atoms with van der Waals surface area (Å²) in [7, 11) is 3.50. The first-order valence-electron chi connectivity index (χ1n) is 7.80. The fourth-order valence-electron chi connectivity index (χ4n) is 3.00. The first kappa shape index (κ1) is 21.1. The van der Waals surface area contributed by atoms with Gasteiger partial charge in [0.15, 0.2) is 0 Å². The summed E-state index contributed by atoms with van der Waals surface area (Å²) in [6.45, 7) is 2.13. The zero-order valence-corrected chi connectivity index (χ0v) is 16.2. The summed E-state index contributed by atoms with van der Waals surface area (Å²) < 4.78 is 10.8. The Morgan fingerprint density at radius 2 is 2.08 bits per heavy atom. The number of methoxy groups -OCH3 is 1. The van der Waals surface area contributed by atoms with Gasteiger partial charge in [-0.3, -0.25) is 4.79 Å². The minimum absolute atomic E-state index is 0. The van der Waals surface area contributed by atoms with Crippen molar-refractivity contribution in [2.45, 2.75) is 24.3 Å². The number of ether oxygens (including phenoxy) is 2. The van der Waals surface area contributed by atoms with Gasteiger partial charge < -0.3 is 20.1 Å². The number of hydrogen-bond donors (Lipinski definition) is 1. The Morgan fingerprint density at radius 3 is 2.62 bits per heavy atom. The standard InChI is InChI=1S/C17H26N2O3S.ClH/c1-19(16(20)17(12-18)6-8-22-9-7-17)11-13-4-5-15(23-3)14(10-13)21-2;/h4-5,10H,6-9,11-12,18H2,1-3H3;1H. The molecule has 2 rings (SSSR count). The molecule has 1 amide bonds. The van der Waals surface area contributed by atoms with E-state index in [1.165, 1.54) is 0 Å². The van der Waals surface area contributed by atoms with E-state index in [9.17, 15) is 4.79 Å². The number of nitrogens with zero attached hydrogens (tertiary/aromatic N) is 1. The highest BCUT2D eigenvalue weighted by Crippen LogP contribution is 2.33. The predicted octanol–water partition coefficient (Wildman–Crippen LogP) is 2.55. The van der Waals surface area contributed by atoms with E-state index < -0.39 is 5.41 Å². The molecule has 1 aliphatic rings. The molecule has 1 aliphatic heterocycles. The molecule has 1 saturated heterocycles. The van der Waals surface area contributed by atoms with Crippen LogP contribution in [0, 0.1) is 5.41 Å². The lowest BCUT2D eigenvalue weighted by atomic mass is 9.79. The molecule has 2 N–H and O–H groups in total. The minimum atomic E-state index is -0.476. The van der Waals surface area contributed by atoms with Gasteiger partial charge in [-0.15, -0.1) is 24.2 Å². The average Bonchev–Trinajstić information content (AvgIpc) is 2.61. The highest BCUT2D eigenvalue weighted by Gasteiger charge is 2.40. The van der Waals surface area contributed by atoms with Crippen molar-refractivity contribution in [3.63, 3.8) is 0 Å². The predicted molar refractivity (Wildman–Crippen MR) is 100 cm³/mol. The summed E-state index contributed by atoms with van der Waals surface area (Å²) in [5, 5.41) is 0. The molecule has 0 saturated carbocycles. The lowest BCUT2D eigenvalue weighted by Crippen LogP contribution is -2.49. The largest absolute Gasteiger partial charge is 0.496 e. The Labute approximate surface area is 154 Å². The Bertz CT molecular complexity index is 551. The Morgan fingerprint density at radius 1 is 1.42 bits per heavy atom. The molecule has 0 radical (unpaired) electrons. The second-order valence-corrected chi connectivity index (χ2v) is 6.80. The van der Waals surface area contributed by atoms with Gasteiger partial charge in [0.25, 0.3) is 0 Å². The number of carbonyl (C=O) groups excluding carboxylic acids is 1. The molecule has 0 atom stereocenters. The van der Waals surface area contributed by atoms with Crippen molar-refractivity contribution in [2.75, 3.05) is 40.2 Å². The van der Waals surface area contributed by atoms with Gasteiger partial charge in [0, 0.05) is 38.2 Å². The zero-order chi connectivity index (χ0) is 16.9. The fourth-order valence-corrected chi connectivity index (χ4v) is 3.54. The van der Waals surface area contributed by atoms with Gasteiger partial charge in [-0.2, -0.15) is 0 Å². The summed E-state index contributed by atoms with van der Waals surface area (Å²) in [5.74, 6) is 0.951. The molecule has 136 valence electrons. The molecule has 1 heterocycles. The highest BCUT2D eigenvalue weighted by molar-refractivity contribution is 7.98. The molecule has 1 aromatic rings. The third kappa shape index (κ3) is 4.57. The summed E-state index contributed by atoms with van der Waals surface area (Å²) in [4.78, 5) is 15.7. The smallest absolute Gasteiger partial charge is 0.230 e. The number of rotatable bonds is 6. The molecule has 1 fully saturated rings. The third-order valence-electron chi connectivity index (χ3n) is 4.51. The maximum absolute atomic E-state index is 12.9. The van der Waals surface area contributed by atoms with Gasteiger partial charge in [0.1, 0.15) is 5.75 Å². The van der Waals surface area contributed by atoms with Crippen LogP contribution in [0.4, 0.5) is 0 Å². The lowest BCUT2D eigenvalue weighted by molar-refractivity contribution is -0.146. The summed E-state index contributed by atoms with van der Waals surface area (Å²) in [5.41, 5.74) is 6.50.